The molecule has 1 aliphatic heterocycles. The minimum atomic E-state index is -0.199. The van der Waals surface area contributed by atoms with E-state index < -0.39 is 0 Å². The first-order chi connectivity index (χ1) is 5.84. The maximum Gasteiger partial charge on any atom is 0.123 e. The smallest absolute Gasteiger partial charge is 0.123 e. The summed E-state index contributed by atoms with van der Waals surface area (Å²) in [5.41, 5.74) is 1.01. The van der Waals surface area contributed by atoms with Crippen LogP contribution in [0.1, 0.15) is 5.56 Å². The topological polar surface area (TPSA) is 12.5 Å². The van der Waals surface area contributed by atoms with Crippen LogP contribution in [0, 0.1) is 5.82 Å². The van der Waals surface area contributed by atoms with E-state index >= 15 is 0 Å². The van der Waals surface area contributed by atoms with E-state index in [1.54, 1.807) is 12.1 Å². The third kappa shape index (κ3) is 1.92. The molecule has 2 heteroatoms. The van der Waals surface area contributed by atoms with Gasteiger partial charge in [0.25, 0.3) is 0 Å². The molecule has 0 radical (unpaired) electrons. The summed E-state index contributed by atoms with van der Waals surface area (Å²) in [5, 5.41) is 0. The minimum Gasteiger partial charge on any atom is -0.369 e. The minimum absolute atomic E-state index is 0.199. The Bertz CT molecular complexity index is 285. The number of ether oxygens (including phenoxy) is 1. The molecule has 0 bridgehead atoms. The molecule has 1 nitrogen and oxygen atoms in total. The highest BCUT2D eigenvalue weighted by molar-refractivity contribution is 5.49. The van der Waals surface area contributed by atoms with Gasteiger partial charge in [0, 0.05) is 0 Å². The van der Waals surface area contributed by atoms with Crippen molar-refractivity contribution in [1.29, 1.82) is 0 Å². The van der Waals surface area contributed by atoms with Gasteiger partial charge in [-0.1, -0.05) is 24.3 Å². The molecule has 1 saturated heterocycles. The zero-order valence-corrected chi connectivity index (χ0v) is 6.53. The van der Waals surface area contributed by atoms with Gasteiger partial charge < -0.3 is 4.74 Å². The molecule has 12 heavy (non-hydrogen) atoms. The zero-order valence-electron chi connectivity index (χ0n) is 6.53. The summed E-state index contributed by atoms with van der Waals surface area (Å²) in [6.07, 6.45) is 4.21. The monoisotopic (exact) mass is 164 g/mol. The molecule has 0 amide bonds. The van der Waals surface area contributed by atoms with Gasteiger partial charge in [0.15, 0.2) is 0 Å². The van der Waals surface area contributed by atoms with Crippen LogP contribution < -0.4 is 0 Å². The molecule has 1 aromatic rings. The normalized spacial score (nSPS) is 21.6. The maximum atomic E-state index is 12.4. The van der Waals surface area contributed by atoms with E-state index in [-0.39, 0.29) is 11.9 Å². The number of rotatable bonds is 2. The Morgan fingerprint density at radius 3 is 2.58 bits per heavy atom. The fraction of sp³-hybridized carbons (Fsp3) is 0.200. The Balaban J connectivity index is 2.07. The van der Waals surface area contributed by atoms with Gasteiger partial charge in [-0.2, -0.15) is 0 Å². The Kier molecular flexibility index (Phi) is 1.92. The van der Waals surface area contributed by atoms with Crippen LogP contribution in [0.2, 0.25) is 0 Å². The highest BCUT2D eigenvalue weighted by Crippen LogP contribution is 2.13. The van der Waals surface area contributed by atoms with Crippen LogP contribution in [-0.4, -0.2) is 12.7 Å². The van der Waals surface area contributed by atoms with Gasteiger partial charge in [-0.05, 0) is 17.7 Å². The summed E-state index contributed by atoms with van der Waals surface area (Å²) in [6.45, 7) is 0.817. The lowest BCUT2D eigenvalue weighted by molar-refractivity contribution is 0.440. The van der Waals surface area contributed by atoms with Crippen molar-refractivity contribution in [2.75, 3.05) is 6.61 Å². The molecule has 1 heterocycles. The first-order valence-electron chi connectivity index (χ1n) is 3.90. The average molecular weight is 164 g/mol. The van der Waals surface area contributed by atoms with Crippen molar-refractivity contribution in [3.8, 4) is 0 Å². The Labute approximate surface area is 70.5 Å². The second-order valence-electron chi connectivity index (χ2n) is 2.78. The SMILES string of the molecule is Fc1ccc(/C=C/[C@H]2CO2)cc1. The van der Waals surface area contributed by atoms with Gasteiger partial charge in [0.05, 0.1) is 12.7 Å². The Hall–Kier alpha value is -1.15. The van der Waals surface area contributed by atoms with Gasteiger partial charge >= 0.3 is 0 Å². The molecule has 1 aromatic carbocycles. The number of hydrogen-bond donors (Lipinski definition) is 0. The molecule has 0 saturated carbocycles. The first-order valence-corrected chi connectivity index (χ1v) is 3.90. The lowest BCUT2D eigenvalue weighted by Crippen LogP contribution is -1.77. The lowest BCUT2D eigenvalue weighted by Gasteiger charge is -1.90. The van der Waals surface area contributed by atoms with Crippen molar-refractivity contribution < 1.29 is 9.13 Å². The van der Waals surface area contributed by atoms with E-state index in [9.17, 15) is 4.39 Å². The Morgan fingerprint density at radius 1 is 1.33 bits per heavy atom. The predicted molar refractivity (Wildman–Crippen MR) is 45.2 cm³/mol. The van der Waals surface area contributed by atoms with Crippen LogP contribution in [-0.2, 0) is 4.74 Å². The summed E-state index contributed by atoms with van der Waals surface area (Å²) in [7, 11) is 0. The highest BCUT2D eigenvalue weighted by atomic mass is 19.1. The van der Waals surface area contributed by atoms with E-state index in [1.165, 1.54) is 12.1 Å². The van der Waals surface area contributed by atoms with Crippen LogP contribution in [0.4, 0.5) is 4.39 Å². The van der Waals surface area contributed by atoms with Crippen LogP contribution in [0.15, 0.2) is 30.3 Å². The van der Waals surface area contributed by atoms with Crippen molar-refractivity contribution >= 4 is 6.08 Å². The standard InChI is InChI=1S/C10H9FO/c11-9-4-1-8(2-5-9)3-6-10-7-12-10/h1-6,10H,7H2/b6-3+/t10-/m0/s1. The van der Waals surface area contributed by atoms with Crippen molar-refractivity contribution in [2.24, 2.45) is 0 Å². The summed E-state index contributed by atoms with van der Waals surface area (Å²) in [6, 6.07) is 6.39. The molecular formula is C10H9FO. The number of hydrogen-bond acceptors (Lipinski definition) is 1. The van der Waals surface area contributed by atoms with Crippen LogP contribution in [0.25, 0.3) is 6.08 Å². The number of epoxide rings is 1. The van der Waals surface area contributed by atoms with Crippen molar-refractivity contribution in [3.05, 3.63) is 41.7 Å². The molecular weight excluding hydrogens is 155 g/mol. The van der Waals surface area contributed by atoms with Gasteiger partial charge in [0.1, 0.15) is 5.82 Å². The first kappa shape index (κ1) is 7.50. The molecule has 0 aliphatic carbocycles. The third-order valence-corrected chi connectivity index (χ3v) is 1.73. The fourth-order valence-electron chi connectivity index (χ4n) is 0.959. The summed E-state index contributed by atoms with van der Waals surface area (Å²) < 4.78 is 17.4. The van der Waals surface area contributed by atoms with Crippen molar-refractivity contribution in [1.82, 2.24) is 0 Å². The van der Waals surface area contributed by atoms with Crippen LogP contribution in [0.5, 0.6) is 0 Å². The van der Waals surface area contributed by atoms with E-state index in [0.717, 1.165) is 12.2 Å². The predicted octanol–water partition coefficient (Wildman–Crippen LogP) is 2.24. The van der Waals surface area contributed by atoms with Gasteiger partial charge in [-0.3, -0.25) is 0 Å². The summed E-state index contributed by atoms with van der Waals surface area (Å²) >= 11 is 0. The Morgan fingerprint density at radius 2 is 2.00 bits per heavy atom. The molecule has 0 unspecified atom stereocenters. The van der Waals surface area contributed by atoms with Gasteiger partial charge in [-0.25, -0.2) is 4.39 Å². The molecule has 0 aromatic heterocycles. The second-order valence-corrected chi connectivity index (χ2v) is 2.78. The van der Waals surface area contributed by atoms with Crippen molar-refractivity contribution in [3.63, 3.8) is 0 Å². The van der Waals surface area contributed by atoms with E-state index in [4.69, 9.17) is 4.74 Å². The highest BCUT2D eigenvalue weighted by Gasteiger charge is 2.17. The summed E-state index contributed by atoms with van der Waals surface area (Å²) in [5.74, 6) is -0.199. The van der Waals surface area contributed by atoms with Gasteiger partial charge in [0.2, 0.25) is 0 Å². The van der Waals surface area contributed by atoms with E-state index in [0.29, 0.717) is 0 Å². The molecule has 1 atom stereocenters. The van der Waals surface area contributed by atoms with Crippen LogP contribution in [0.3, 0.4) is 0 Å². The molecule has 1 aliphatic rings. The zero-order chi connectivity index (χ0) is 8.39. The number of halogens is 1. The quantitative estimate of drug-likeness (QED) is 0.610. The average Bonchev–Trinajstić information content (AvgIpc) is 2.87. The molecule has 62 valence electrons. The largest absolute Gasteiger partial charge is 0.369 e. The molecule has 0 spiro atoms. The van der Waals surface area contributed by atoms with Crippen LogP contribution >= 0.6 is 0 Å². The maximum absolute atomic E-state index is 12.4. The van der Waals surface area contributed by atoms with E-state index in [2.05, 4.69) is 0 Å². The van der Waals surface area contributed by atoms with Crippen molar-refractivity contribution in [2.45, 2.75) is 6.10 Å². The number of benzene rings is 1. The lowest BCUT2D eigenvalue weighted by atomic mass is 10.2. The second kappa shape index (κ2) is 3.07. The molecule has 0 N–H and O–H groups in total. The molecule has 2 rings (SSSR count). The van der Waals surface area contributed by atoms with Gasteiger partial charge in [-0.15, -0.1) is 0 Å². The van der Waals surface area contributed by atoms with E-state index in [1.807, 2.05) is 12.2 Å². The third-order valence-electron chi connectivity index (χ3n) is 1.73. The molecule has 1 fully saturated rings. The fourth-order valence-corrected chi connectivity index (χ4v) is 0.959. The summed E-state index contributed by atoms with van der Waals surface area (Å²) in [4.78, 5) is 0.